The number of hydrogen-bond donors (Lipinski definition) is 1. The third-order valence-electron chi connectivity index (χ3n) is 14.4. The molecule has 0 aromatic heterocycles. The molecule has 308 valence electrons. The minimum atomic E-state index is -2.01. The summed E-state index contributed by atoms with van der Waals surface area (Å²) >= 11 is 0. The van der Waals surface area contributed by atoms with Gasteiger partial charge in [-0.3, -0.25) is 24.0 Å². The van der Waals surface area contributed by atoms with E-state index in [-0.39, 0.29) is 19.3 Å². The topological polar surface area (TPSA) is 217 Å². The molecule has 1 saturated heterocycles. The third kappa shape index (κ3) is 5.33. The average Bonchev–Trinajstić information content (AvgIpc) is 3.87. The van der Waals surface area contributed by atoms with Crippen molar-refractivity contribution in [1.29, 1.82) is 0 Å². The maximum Gasteiger partial charge on any atom is 0.342 e. The summed E-state index contributed by atoms with van der Waals surface area (Å²) in [5.74, 6) is -8.32. The standard InChI is InChI=1S/C40H52O16/c1-18-16-39(48)26-14-15-35(8)25-12-13-27(46)51-19(2)38(25,17-50-20(3)41)31(53-22(5)43)28(52-21(4)42)29(35)36(26,9)32(54-23(6)44)33(55-24(7)45)37(39,10)40(30(18)56-40)34(47)49-11/h12-13,19,25-26,28-33,48H,1,14-17H2,2-11H3. The number of carbonyl (C=O) groups is 7. The highest BCUT2D eigenvalue weighted by Gasteiger charge is 2.91. The minimum absolute atomic E-state index is 0.133. The van der Waals surface area contributed by atoms with Crippen molar-refractivity contribution in [2.75, 3.05) is 13.7 Å². The Balaban J connectivity index is 1.72. The Bertz CT molecular complexity index is 1800. The number of hydrogen-bond acceptors (Lipinski definition) is 16. The van der Waals surface area contributed by atoms with Gasteiger partial charge < -0.3 is 43.0 Å². The van der Waals surface area contributed by atoms with Crippen LogP contribution in [0.1, 0.15) is 81.6 Å². The number of esters is 7. The second-order valence-electron chi connectivity index (χ2n) is 17.1. The Morgan fingerprint density at radius 1 is 0.875 bits per heavy atom. The zero-order chi connectivity index (χ0) is 41.7. The summed E-state index contributed by atoms with van der Waals surface area (Å²) in [4.78, 5) is 92.7. The van der Waals surface area contributed by atoms with E-state index in [1.54, 1.807) is 26.8 Å². The molecule has 5 fully saturated rings. The van der Waals surface area contributed by atoms with Crippen molar-refractivity contribution in [3.63, 3.8) is 0 Å². The molecular weight excluding hydrogens is 736 g/mol. The van der Waals surface area contributed by atoms with E-state index in [1.807, 2.05) is 6.92 Å². The van der Waals surface area contributed by atoms with Crippen molar-refractivity contribution in [1.82, 2.24) is 0 Å². The van der Waals surface area contributed by atoms with Crippen LogP contribution in [0.15, 0.2) is 24.3 Å². The third-order valence-corrected chi connectivity index (χ3v) is 14.4. The predicted octanol–water partition coefficient (Wildman–Crippen LogP) is 2.45. The molecule has 6 aliphatic rings. The Morgan fingerprint density at radius 2 is 1.45 bits per heavy atom. The molecule has 0 bridgehead atoms. The molecule has 16 heteroatoms. The molecule has 16 nitrogen and oxygen atoms in total. The Kier molecular flexibility index (Phi) is 9.88. The second-order valence-corrected chi connectivity index (χ2v) is 17.1. The number of rotatable bonds is 7. The molecular formula is C40H52O16. The lowest BCUT2D eigenvalue weighted by Crippen LogP contribution is -2.84. The summed E-state index contributed by atoms with van der Waals surface area (Å²) in [7, 11) is 1.16. The first-order valence-corrected chi connectivity index (χ1v) is 18.8. The van der Waals surface area contributed by atoms with E-state index >= 15 is 0 Å². The van der Waals surface area contributed by atoms with Crippen LogP contribution in [0.5, 0.6) is 0 Å². The number of epoxide rings is 1. The minimum Gasteiger partial charge on any atom is -0.467 e. The highest BCUT2D eigenvalue weighted by atomic mass is 16.7. The second kappa shape index (κ2) is 13.4. The van der Waals surface area contributed by atoms with Gasteiger partial charge in [0.15, 0.2) is 12.2 Å². The molecule has 0 amide bonds. The number of allylic oxidation sites excluding steroid dienone is 1. The highest BCUT2D eigenvalue weighted by molar-refractivity contribution is 5.87. The van der Waals surface area contributed by atoms with Crippen molar-refractivity contribution in [2.24, 2.45) is 39.4 Å². The number of aliphatic hydroxyl groups is 1. The molecule has 4 aliphatic carbocycles. The summed E-state index contributed by atoms with van der Waals surface area (Å²) in [6, 6.07) is 0. The van der Waals surface area contributed by atoms with E-state index in [4.69, 9.17) is 37.9 Å². The van der Waals surface area contributed by atoms with Crippen LogP contribution < -0.4 is 0 Å². The smallest absolute Gasteiger partial charge is 0.342 e. The quantitative estimate of drug-likeness (QED) is 0.170. The van der Waals surface area contributed by atoms with Gasteiger partial charge in [-0.1, -0.05) is 26.5 Å². The molecule has 0 radical (unpaired) electrons. The van der Waals surface area contributed by atoms with Gasteiger partial charge in [0.1, 0.15) is 31.0 Å². The van der Waals surface area contributed by atoms with Crippen LogP contribution in [-0.2, 0) is 71.5 Å². The summed E-state index contributed by atoms with van der Waals surface area (Å²) in [5.41, 5.74) is -9.66. The lowest BCUT2D eigenvalue weighted by Gasteiger charge is -2.74. The first kappa shape index (κ1) is 41.3. The number of cyclic esters (lactones) is 1. The van der Waals surface area contributed by atoms with Gasteiger partial charge in [-0.15, -0.1) is 0 Å². The molecule has 0 aromatic carbocycles. The summed E-state index contributed by atoms with van der Waals surface area (Å²) < 4.78 is 47.9. The van der Waals surface area contributed by atoms with Crippen LogP contribution in [-0.4, -0.2) is 108 Å². The molecule has 15 unspecified atom stereocenters. The molecule has 2 aliphatic heterocycles. The first-order chi connectivity index (χ1) is 25.9. The highest BCUT2D eigenvalue weighted by Crippen LogP contribution is 2.78. The van der Waals surface area contributed by atoms with Crippen molar-refractivity contribution < 1.29 is 76.6 Å². The lowest BCUT2D eigenvalue weighted by molar-refractivity contribution is -0.357. The molecule has 1 N–H and O–H groups in total. The predicted molar refractivity (Wildman–Crippen MR) is 188 cm³/mol. The Morgan fingerprint density at radius 3 is 2.00 bits per heavy atom. The summed E-state index contributed by atoms with van der Waals surface area (Å²) in [5, 5.41) is 13.6. The number of methoxy groups -OCH3 is 1. The maximum absolute atomic E-state index is 13.9. The largest absolute Gasteiger partial charge is 0.467 e. The summed E-state index contributed by atoms with van der Waals surface area (Å²) in [6.45, 7) is 16.3. The lowest BCUT2D eigenvalue weighted by atomic mass is 9.31. The molecule has 0 spiro atoms. The number of fused-ring (bicyclic) bond motifs is 9. The zero-order valence-electron chi connectivity index (χ0n) is 33.5. The molecule has 0 aromatic rings. The fourth-order valence-corrected chi connectivity index (χ4v) is 12.6. The number of carbonyl (C=O) groups excluding carboxylic acids is 7. The van der Waals surface area contributed by atoms with Crippen molar-refractivity contribution in [3.05, 3.63) is 24.3 Å². The van der Waals surface area contributed by atoms with E-state index in [2.05, 4.69) is 6.58 Å². The van der Waals surface area contributed by atoms with Crippen LogP contribution >= 0.6 is 0 Å². The fraction of sp³-hybridized carbons (Fsp3) is 0.725. The van der Waals surface area contributed by atoms with E-state index in [1.165, 1.54) is 26.8 Å². The van der Waals surface area contributed by atoms with Gasteiger partial charge in [-0.05, 0) is 49.5 Å². The van der Waals surface area contributed by atoms with E-state index in [0.29, 0.717) is 5.57 Å². The van der Waals surface area contributed by atoms with Crippen LogP contribution in [0, 0.1) is 39.4 Å². The van der Waals surface area contributed by atoms with Gasteiger partial charge >= 0.3 is 41.8 Å². The number of ether oxygens (including phenoxy) is 8. The van der Waals surface area contributed by atoms with Crippen molar-refractivity contribution in [2.45, 2.75) is 129 Å². The molecule has 2 heterocycles. The first-order valence-electron chi connectivity index (χ1n) is 18.8. The van der Waals surface area contributed by atoms with Crippen molar-refractivity contribution >= 4 is 41.8 Å². The van der Waals surface area contributed by atoms with E-state index < -0.39 is 136 Å². The average molecular weight is 789 g/mol. The fourth-order valence-electron chi connectivity index (χ4n) is 12.6. The van der Waals surface area contributed by atoms with Gasteiger partial charge in [0.05, 0.1) is 23.5 Å². The SMILES string of the molecule is C=C1CC2(O)C3CCC4(C)C(C(OC(C)=O)C(OC(C)=O)C5(COC(C)=O)C(C)OC(=O)C=CC45)C3(C)C(OC(C)=O)C(OC(C)=O)C2(C)C2(C(=O)OC)OC12. The Hall–Kier alpha value is -4.31. The van der Waals surface area contributed by atoms with E-state index in [9.17, 15) is 38.7 Å². The van der Waals surface area contributed by atoms with Crippen LogP contribution in [0.4, 0.5) is 0 Å². The van der Waals surface area contributed by atoms with Gasteiger partial charge in [0, 0.05) is 58.4 Å². The van der Waals surface area contributed by atoms with Gasteiger partial charge in [-0.25, -0.2) is 9.59 Å². The van der Waals surface area contributed by atoms with Gasteiger partial charge in [-0.2, -0.15) is 0 Å². The van der Waals surface area contributed by atoms with Gasteiger partial charge in [0.25, 0.3) is 0 Å². The Labute approximate surface area is 324 Å². The van der Waals surface area contributed by atoms with Crippen LogP contribution in [0.25, 0.3) is 0 Å². The van der Waals surface area contributed by atoms with Crippen LogP contribution in [0.2, 0.25) is 0 Å². The molecule has 4 saturated carbocycles. The van der Waals surface area contributed by atoms with Crippen molar-refractivity contribution in [3.8, 4) is 0 Å². The monoisotopic (exact) mass is 788 g/mol. The molecule has 15 atom stereocenters. The van der Waals surface area contributed by atoms with Gasteiger partial charge in [0.2, 0.25) is 5.60 Å². The van der Waals surface area contributed by atoms with Crippen LogP contribution in [0.3, 0.4) is 0 Å². The zero-order valence-corrected chi connectivity index (χ0v) is 33.5. The maximum atomic E-state index is 13.9. The summed E-state index contributed by atoms with van der Waals surface area (Å²) in [6.07, 6.45) is -4.93. The molecule has 56 heavy (non-hydrogen) atoms. The normalized spacial score (nSPS) is 45.7. The van der Waals surface area contributed by atoms with E-state index in [0.717, 1.165) is 21.0 Å². The molecule has 6 rings (SSSR count).